The largest absolute Gasteiger partial charge is 0.394 e. The van der Waals surface area contributed by atoms with Crippen molar-refractivity contribution < 1.29 is 24.6 Å². The number of nitrogens with zero attached hydrogens (tertiary/aromatic N) is 5. The molecule has 4 aromatic heterocycles. The summed E-state index contributed by atoms with van der Waals surface area (Å²) in [6, 6.07) is 14.9. The second kappa shape index (κ2) is 15.1. The standard InChI is InChI=1S/C12H10ClN5O.C10H13N5O5.C7H6Cl2/c13-8-3-1-7(2-4-8)5-18-6-15-10-9(18)11(19)17-12(14)16-10;11-10-13-7-4(8(19)14-10)12-2-15(7)9-6(18)5(17)3(1-16)20-9;8-5-6-1-3-7(9)4-2-6/h1-4,6H,5H2,(H3,14,16,17,19);2-3,5-6,9,16-18H,1H2,(H3,11,13,14,19);1-4H,5H2/p+1/t;3-,5-,6-,9+;/m.0./s1. The number of fused-ring (bicyclic) bond motifs is 2. The number of nitrogens with one attached hydrogen (secondary N) is 3. The van der Waals surface area contributed by atoms with E-state index in [-0.39, 0.29) is 28.6 Å². The van der Waals surface area contributed by atoms with Gasteiger partial charge in [0.2, 0.25) is 18.2 Å². The zero-order valence-electron chi connectivity index (χ0n) is 24.8. The van der Waals surface area contributed by atoms with Crippen molar-refractivity contribution >= 4 is 69.0 Å². The lowest BCUT2D eigenvalue weighted by molar-refractivity contribution is -0.662. The second-order valence-corrected chi connectivity index (χ2v) is 11.6. The Kier molecular flexibility index (Phi) is 11.0. The lowest BCUT2D eigenvalue weighted by Gasteiger charge is -2.16. The van der Waals surface area contributed by atoms with Crippen molar-refractivity contribution in [2.75, 3.05) is 18.1 Å². The normalized spacial score (nSPS) is 18.7. The van der Waals surface area contributed by atoms with Gasteiger partial charge in [-0.3, -0.25) is 24.1 Å². The molecule has 2 aromatic carbocycles. The molecule has 10 N–H and O–H groups in total. The van der Waals surface area contributed by atoms with Crippen LogP contribution in [-0.4, -0.2) is 74.7 Å². The number of H-pyrrole nitrogens is 3. The van der Waals surface area contributed by atoms with Crippen LogP contribution in [0.4, 0.5) is 11.9 Å². The van der Waals surface area contributed by atoms with Crippen LogP contribution in [0, 0.1) is 0 Å². The van der Waals surface area contributed by atoms with Gasteiger partial charge in [-0.25, -0.2) is 14.5 Å². The molecule has 19 heteroatoms. The number of aromatic nitrogens is 8. The molecule has 1 fully saturated rings. The lowest BCUT2D eigenvalue weighted by Crippen LogP contribution is -2.36. The first kappa shape index (κ1) is 34.8. The van der Waals surface area contributed by atoms with Crippen molar-refractivity contribution in [3.8, 4) is 0 Å². The van der Waals surface area contributed by atoms with E-state index in [1.807, 2.05) is 48.5 Å². The van der Waals surface area contributed by atoms with Crippen molar-refractivity contribution in [3.05, 3.63) is 103 Å². The first-order valence-electron chi connectivity index (χ1n) is 14.1. The molecular weight excluding hydrogens is 691 g/mol. The van der Waals surface area contributed by atoms with E-state index >= 15 is 0 Å². The average Bonchev–Trinajstić information content (AvgIpc) is 3.75. The maximum absolute atomic E-state index is 11.9. The smallest absolute Gasteiger partial charge is 0.304 e. The van der Waals surface area contributed by atoms with Gasteiger partial charge in [-0.15, -0.1) is 11.6 Å². The minimum absolute atomic E-state index is 0.0388. The van der Waals surface area contributed by atoms with Crippen LogP contribution in [-0.2, 0) is 17.2 Å². The quantitative estimate of drug-likeness (QED) is 0.0928. The molecule has 0 radical (unpaired) electrons. The third-order valence-corrected chi connectivity index (χ3v) is 7.95. The van der Waals surface area contributed by atoms with Crippen LogP contribution < -0.4 is 27.2 Å². The Balaban J connectivity index is 0.000000151. The number of aliphatic hydroxyl groups is 3. The topological polar surface area (TPSA) is 251 Å². The molecule has 5 heterocycles. The molecule has 4 atom stereocenters. The zero-order chi connectivity index (χ0) is 34.5. The van der Waals surface area contributed by atoms with Crippen molar-refractivity contribution in [2.24, 2.45) is 0 Å². The monoisotopic (exact) mass is 719 g/mol. The molecule has 48 heavy (non-hydrogen) atoms. The van der Waals surface area contributed by atoms with Gasteiger partial charge in [-0.2, -0.15) is 9.97 Å². The second-order valence-electron chi connectivity index (χ2n) is 10.4. The highest BCUT2D eigenvalue weighted by atomic mass is 35.5. The first-order chi connectivity index (χ1) is 23.0. The fourth-order valence-corrected chi connectivity index (χ4v) is 5.21. The van der Waals surface area contributed by atoms with E-state index in [0.29, 0.717) is 28.6 Å². The molecule has 6 aromatic rings. The molecule has 252 valence electrons. The van der Waals surface area contributed by atoms with Crippen LogP contribution in [0.3, 0.4) is 0 Å². The number of hydrogen-bond donors (Lipinski definition) is 8. The lowest BCUT2D eigenvalue weighted by atomic mass is 10.1. The Labute approximate surface area is 285 Å². The van der Waals surface area contributed by atoms with E-state index < -0.39 is 36.7 Å². The van der Waals surface area contributed by atoms with Crippen LogP contribution in [0.2, 0.25) is 10.0 Å². The van der Waals surface area contributed by atoms with Crippen molar-refractivity contribution in [2.45, 2.75) is 37.0 Å². The number of alkyl halides is 1. The number of aromatic amines is 3. The minimum atomic E-state index is -1.29. The maximum Gasteiger partial charge on any atom is 0.304 e. The van der Waals surface area contributed by atoms with Gasteiger partial charge in [0, 0.05) is 15.9 Å². The van der Waals surface area contributed by atoms with Crippen LogP contribution in [0.5, 0.6) is 0 Å². The predicted molar refractivity (Wildman–Crippen MR) is 178 cm³/mol. The van der Waals surface area contributed by atoms with Gasteiger partial charge in [0.05, 0.1) is 12.9 Å². The molecule has 0 amide bonds. The number of benzene rings is 2. The number of hydrogen-bond acceptors (Lipinski definition) is 11. The number of anilines is 2. The summed E-state index contributed by atoms with van der Waals surface area (Å²) in [4.78, 5) is 43.1. The summed E-state index contributed by atoms with van der Waals surface area (Å²) in [6.07, 6.45) is -1.52. The minimum Gasteiger partial charge on any atom is -0.394 e. The molecule has 1 aliphatic rings. The average molecular weight is 721 g/mol. The molecule has 1 aliphatic heterocycles. The summed E-state index contributed by atoms with van der Waals surface area (Å²) >= 11 is 17.0. The summed E-state index contributed by atoms with van der Waals surface area (Å²) in [5.41, 5.74) is 13.4. The molecule has 0 spiro atoms. The highest BCUT2D eigenvalue weighted by Crippen LogP contribution is 2.30. The van der Waals surface area contributed by atoms with E-state index in [9.17, 15) is 19.8 Å². The van der Waals surface area contributed by atoms with Crippen LogP contribution in [0.15, 0.2) is 70.8 Å². The zero-order valence-corrected chi connectivity index (χ0v) is 27.1. The number of nitrogens with two attached hydrogens (primary N) is 2. The Hall–Kier alpha value is -4.55. The number of nitrogen functional groups attached to an aromatic ring is 2. The van der Waals surface area contributed by atoms with E-state index in [4.69, 9.17) is 56.1 Å². The Morgan fingerprint density at radius 3 is 2.10 bits per heavy atom. The summed E-state index contributed by atoms with van der Waals surface area (Å²) in [7, 11) is 0. The highest BCUT2D eigenvalue weighted by molar-refractivity contribution is 6.30. The van der Waals surface area contributed by atoms with E-state index in [0.717, 1.165) is 16.1 Å². The van der Waals surface area contributed by atoms with Gasteiger partial charge in [0.25, 0.3) is 16.7 Å². The number of ether oxygens (including phenoxy) is 1. The number of halogens is 3. The van der Waals surface area contributed by atoms with Gasteiger partial charge >= 0.3 is 5.56 Å². The van der Waals surface area contributed by atoms with Crippen LogP contribution in [0.25, 0.3) is 22.3 Å². The van der Waals surface area contributed by atoms with Gasteiger partial charge in [0.1, 0.15) is 24.9 Å². The molecule has 16 nitrogen and oxygen atoms in total. The maximum atomic E-state index is 11.9. The predicted octanol–water partition coefficient (Wildman–Crippen LogP) is 1.21. The van der Waals surface area contributed by atoms with Gasteiger partial charge in [0.15, 0.2) is 17.4 Å². The molecule has 0 bridgehead atoms. The highest BCUT2D eigenvalue weighted by Gasteiger charge is 2.44. The fraction of sp³-hybridized carbons (Fsp3) is 0.241. The first-order valence-corrected chi connectivity index (χ1v) is 15.4. The summed E-state index contributed by atoms with van der Waals surface area (Å²) in [5.74, 6) is 0.547. The van der Waals surface area contributed by atoms with Crippen LogP contribution in [0.1, 0.15) is 17.4 Å². The number of rotatable bonds is 5. The molecule has 0 aliphatic carbocycles. The summed E-state index contributed by atoms with van der Waals surface area (Å²) < 4.78 is 8.42. The van der Waals surface area contributed by atoms with Crippen LogP contribution >= 0.6 is 34.8 Å². The van der Waals surface area contributed by atoms with Gasteiger partial charge in [-0.1, -0.05) is 47.5 Å². The number of imidazole rings is 2. The molecule has 0 unspecified atom stereocenters. The molecule has 7 rings (SSSR count). The van der Waals surface area contributed by atoms with Crippen molar-refractivity contribution in [3.63, 3.8) is 0 Å². The molecule has 0 saturated carbocycles. The van der Waals surface area contributed by atoms with Gasteiger partial charge in [-0.05, 0) is 35.4 Å². The Morgan fingerprint density at radius 2 is 1.50 bits per heavy atom. The van der Waals surface area contributed by atoms with E-state index in [1.165, 1.54) is 10.9 Å². The Morgan fingerprint density at radius 1 is 0.896 bits per heavy atom. The Bertz CT molecular complexity index is 2120. The van der Waals surface area contributed by atoms with Crippen molar-refractivity contribution in [1.29, 1.82) is 0 Å². The SMILES string of the molecule is ClCc1ccc(Cl)cc1.Nc1nc2[nH]c[n+](Cc3ccc(Cl)cc3)c2c(=O)[nH]1.Nc1nc2c(ncn2[C@@H]2O[C@@H](CO)[C@H](O)[C@@H]2O)c(=O)[nH]1. The third kappa shape index (κ3) is 7.77. The molecule has 1 saturated heterocycles. The summed E-state index contributed by atoms with van der Waals surface area (Å²) in [6.45, 7) is 0.101. The van der Waals surface area contributed by atoms with Gasteiger partial charge < -0.3 is 31.5 Å². The summed E-state index contributed by atoms with van der Waals surface area (Å²) in [5, 5.41) is 30.2. The third-order valence-electron chi connectivity index (χ3n) is 7.13. The van der Waals surface area contributed by atoms with E-state index in [1.54, 1.807) is 10.9 Å². The van der Waals surface area contributed by atoms with E-state index in [2.05, 4.69) is 29.9 Å². The molecular formula is C29H30Cl3N10O6+. The van der Waals surface area contributed by atoms with Crippen molar-refractivity contribution in [1.82, 2.24) is 34.5 Å². The fourth-order valence-electron chi connectivity index (χ4n) is 4.78. The number of aliphatic hydroxyl groups excluding tert-OH is 3.